The summed E-state index contributed by atoms with van der Waals surface area (Å²) in [5.74, 6) is 0.906. The summed E-state index contributed by atoms with van der Waals surface area (Å²) in [5, 5.41) is 4.70. The van der Waals surface area contributed by atoms with Crippen LogP contribution >= 0.6 is 0 Å². The Hall–Kier alpha value is -3.07. The van der Waals surface area contributed by atoms with Crippen molar-refractivity contribution in [3.8, 4) is 0 Å². The van der Waals surface area contributed by atoms with E-state index < -0.39 is 0 Å². The van der Waals surface area contributed by atoms with Gasteiger partial charge in [0, 0.05) is 17.9 Å². The molecule has 0 unspecified atom stereocenters. The number of nitrogens with one attached hydrogen (secondary N) is 1. The quantitative estimate of drug-likeness (QED) is 0.688. The summed E-state index contributed by atoms with van der Waals surface area (Å²) in [4.78, 5) is 0. The zero-order valence-corrected chi connectivity index (χ0v) is 16.2. The average molecular weight is 368 g/mol. The van der Waals surface area contributed by atoms with Gasteiger partial charge in [-0.15, -0.1) is 5.10 Å². The van der Waals surface area contributed by atoms with Crippen LogP contribution in [-0.4, -0.2) is 12.0 Å². The van der Waals surface area contributed by atoms with Crippen molar-refractivity contribution in [2.75, 3.05) is 0 Å². The third-order valence-electron chi connectivity index (χ3n) is 5.90. The SMILES string of the molecule is Cc1ccc(C2=NN[C@H](c3ccc(C)cc3)[C@@H]3c4ccccc4C[C@@H]3O2)cc1. The summed E-state index contributed by atoms with van der Waals surface area (Å²) in [5.41, 5.74) is 11.0. The molecule has 1 heterocycles. The molecule has 0 bridgehead atoms. The third kappa shape index (κ3) is 2.97. The van der Waals surface area contributed by atoms with Crippen molar-refractivity contribution < 1.29 is 4.74 Å². The molecule has 1 N–H and O–H groups in total. The van der Waals surface area contributed by atoms with E-state index in [9.17, 15) is 0 Å². The molecule has 3 heteroatoms. The standard InChI is InChI=1S/C25H24N2O/c1-16-7-11-18(12-8-16)24-23-21-6-4-3-5-20(21)15-22(23)28-25(27-26-24)19-13-9-17(2)10-14-19/h3-14,22-24,26H,15H2,1-2H3/t22-,23+,24+/m0/s1. The molecule has 0 saturated carbocycles. The Morgan fingerprint density at radius 1 is 0.857 bits per heavy atom. The minimum atomic E-state index is 0.0683. The number of hydrogen-bond acceptors (Lipinski definition) is 3. The molecule has 28 heavy (non-hydrogen) atoms. The van der Waals surface area contributed by atoms with Crippen LogP contribution in [0.3, 0.4) is 0 Å². The topological polar surface area (TPSA) is 33.6 Å². The Morgan fingerprint density at radius 2 is 1.54 bits per heavy atom. The zero-order chi connectivity index (χ0) is 19.1. The van der Waals surface area contributed by atoms with Crippen LogP contribution in [0.25, 0.3) is 0 Å². The molecule has 5 rings (SSSR count). The largest absolute Gasteiger partial charge is 0.472 e. The van der Waals surface area contributed by atoms with Gasteiger partial charge in [-0.05, 0) is 42.7 Å². The average Bonchev–Trinajstić information content (AvgIpc) is 2.96. The minimum Gasteiger partial charge on any atom is -0.472 e. The molecule has 0 amide bonds. The Bertz CT molecular complexity index is 1020. The highest BCUT2D eigenvalue weighted by atomic mass is 16.5. The van der Waals surface area contributed by atoms with Crippen molar-refractivity contribution in [2.24, 2.45) is 5.10 Å². The van der Waals surface area contributed by atoms with Crippen LogP contribution in [0.15, 0.2) is 77.9 Å². The van der Waals surface area contributed by atoms with Gasteiger partial charge in [-0.25, -0.2) is 0 Å². The molecule has 0 aromatic heterocycles. The summed E-state index contributed by atoms with van der Waals surface area (Å²) < 4.78 is 6.51. The first-order valence-electron chi connectivity index (χ1n) is 9.90. The summed E-state index contributed by atoms with van der Waals surface area (Å²) in [7, 11) is 0. The third-order valence-corrected chi connectivity index (χ3v) is 5.90. The van der Waals surface area contributed by atoms with Crippen molar-refractivity contribution in [3.63, 3.8) is 0 Å². The predicted octanol–water partition coefficient (Wildman–Crippen LogP) is 5.03. The molecule has 0 fully saturated rings. The number of rotatable bonds is 2. The van der Waals surface area contributed by atoms with E-state index in [2.05, 4.69) is 92.1 Å². The molecule has 1 aliphatic heterocycles. The van der Waals surface area contributed by atoms with Crippen molar-refractivity contribution in [1.82, 2.24) is 5.43 Å². The molecule has 3 aromatic rings. The number of hydrazone groups is 1. The van der Waals surface area contributed by atoms with Gasteiger partial charge >= 0.3 is 0 Å². The summed E-state index contributed by atoms with van der Waals surface area (Å²) in [6.45, 7) is 4.21. The van der Waals surface area contributed by atoms with Crippen molar-refractivity contribution in [2.45, 2.75) is 38.3 Å². The maximum absolute atomic E-state index is 6.51. The lowest BCUT2D eigenvalue weighted by Gasteiger charge is -2.26. The second-order valence-corrected chi connectivity index (χ2v) is 7.89. The Morgan fingerprint density at radius 3 is 2.29 bits per heavy atom. The van der Waals surface area contributed by atoms with Crippen molar-refractivity contribution >= 4 is 5.90 Å². The van der Waals surface area contributed by atoms with Crippen LogP contribution in [-0.2, 0) is 11.2 Å². The number of hydrogen-bond donors (Lipinski definition) is 1. The smallest absolute Gasteiger partial charge is 0.238 e. The van der Waals surface area contributed by atoms with Gasteiger partial charge in [0.25, 0.3) is 0 Å². The molecule has 0 saturated heterocycles. The lowest BCUT2D eigenvalue weighted by molar-refractivity contribution is 0.164. The van der Waals surface area contributed by atoms with Gasteiger partial charge in [-0.2, -0.15) is 0 Å². The Labute approximate surface area is 166 Å². The number of nitrogens with zero attached hydrogens (tertiary/aromatic N) is 1. The van der Waals surface area contributed by atoms with Crippen LogP contribution in [0.2, 0.25) is 0 Å². The van der Waals surface area contributed by atoms with Gasteiger partial charge < -0.3 is 4.74 Å². The summed E-state index contributed by atoms with van der Waals surface area (Å²) in [6.07, 6.45) is 0.981. The Balaban J connectivity index is 1.58. The second kappa shape index (κ2) is 6.83. The van der Waals surface area contributed by atoms with Crippen LogP contribution < -0.4 is 5.43 Å². The number of benzene rings is 3. The van der Waals surface area contributed by atoms with Gasteiger partial charge in [0.15, 0.2) is 0 Å². The van der Waals surface area contributed by atoms with Crippen LogP contribution in [0, 0.1) is 13.8 Å². The van der Waals surface area contributed by atoms with Gasteiger partial charge in [-0.1, -0.05) is 71.8 Å². The van der Waals surface area contributed by atoms with E-state index >= 15 is 0 Å². The number of ether oxygens (including phenoxy) is 1. The zero-order valence-electron chi connectivity index (χ0n) is 16.2. The fourth-order valence-corrected chi connectivity index (χ4v) is 4.36. The van der Waals surface area contributed by atoms with Gasteiger partial charge in [0.05, 0.1) is 6.04 Å². The molecule has 2 aliphatic rings. The van der Waals surface area contributed by atoms with E-state index in [1.807, 2.05) is 0 Å². The van der Waals surface area contributed by atoms with E-state index in [0.29, 0.717) is 5.90 Å². The molecule has 3 atom stereocenters. The maximum atomic E-state index is 6.51. The maximum Gasteiger partial charge on any atom is 0.238 e. The van der Waals surface area contributed by atoms with Crippen LogP contribution in [0.1, 0.15) is 45.3 Å². The first-order chi connectivity index (χ1) is 13.7. The normalized spacial score (nSPS) is 22.9. The molecule has 0 spiro atoms. The van der Waals surface area contributed by atoms with Crippen LogP contribution in [0.5, 0.6) is 0 Å². The van der Waals surface area contributed by atoms with E-state index in [1.54, 1.807) is 0 Å². The predicted molar refractivity (Wildman–Crippen MR) is 113 cm³/mol. The number of aryl methyl sites for hydroxylation is 2. The monoisotopic (exact) mass is 368 g/mol. The molecular formula is C25H24N2O. The van der Waals surface area contributed by atoms with Gasteiger partial charge in [0.1, 0.15) is 6.10 Å². The highest BCUT2D eigenvalue weighted by Gasteiger charge is 2.42. The molecule has 0 radical (unpaired) electrons. The van der Waals surface area contributed by atoms with Crippen molar-refractivity contribution in [3.05, 3.63) is 106 Å². The van der Waals surface area contributed by atoms with Crippen molar-refractivity contribution in [1.29, 1.82) is 0 Å². The fourth-order valence-electron chi connectivity index (χ4n) is 4.36. The lowest BCUT2D eigenvalue weighted by Crippen LogP contribution is -2.28. The minimum absolute atomic E-state index is 0.0683. The summed E-state index contributed by atoms with van der Waals surface area (Å²) in [6, 6.07) is 25.9. The van der Waals surface area contributed by atoms with Crippen LogP contribution in [0.4, 0.5) is 0 Å². The Kier molecular flexibility index (Phi) is 4.16. The first kappa shape index (κ1) is 17.1. The molecule has 3 nitrogen and oxygen atoms in total. The van der Waals surface area contributed by atoms with E-state index in [1.165, 1.54) is 27.8 Å². The highest BCUT2D eigenvalue weighted by Crippen LogP contribution is 2.44. The van der Waals surface area contributed by atoms with E-state index in [0.717, 1.165) is 12.0 Å². The van der Waals surface area contributed by atoms with E-state index in [4.69, 9.17) is 9.84 Å². The van der Waals surface area contributed by atoms with E-state index in [-0.39, 0.29) is 18.1 Å². The second-order valence-electron chi connectivity index (χ2n) is 7.89. The molecule has 3 aromatic carbocycles. The lowest BCUT2D eigenvalue weighted by atomic mass is 9.87. The summed E-state index contributed by atoms with van der Waals surface area (Å²) >= 11 is 0. The molecular weight excluding hydrogens is 344 g/mol. The van der Waals surface area contributed by atoms with Gasteiger partial charge in [-0.3, -0.25) is 5.43 Å². The highest BCUT2D eigenvalue weighted by molar-refractivity contribution is 5.94. The molecule has 1 aliphatic carbocycles. The first-order valence-corrected chi connectivity index (χ1v) is 9.90. The molecule has 140 valence electrons. The fraction of sp³-hybridized carbons (Fsp3) is 0.240. The van der Waals surface area contributed by atoms with Gasteiger partial charge in [0.2, 0.25) is 5.90 Å². The number of fused-ring (bicyclic) bond motifs is 3.